The summed E-state index contributed by atoms with van der Waals surface area (Å²) < 4.78 is 10.6. The lowest BCUT2D eigenvalue weighted by atomic mass is 10.0. The molecule has 0 atom stereocenters. The molecule has 0 saturated heterocycles. The molecule has 0 fully saturated rings. The number of anilines is 3. The van der Waals surface area contributed by atoms with Crippen molar-refractivity contribution in [2.75, 3.05) is 25.3 Å². The van der Waals surface area contributed by atoms with Gasteiger partial charge in [-0.3, -0.25) is 0 Å². The first kappa shape index (κ1) is 23.2. The molecule has 0 unspecified atom stereocenters. The minimum absolute atomic E-state index is 0.0927. The van der Waals surface area contributed by atoms with Gasteiger partial charge >= 0.3 is 0 Å². The van der Waals surface area contributed by atoms with Crippen LogP contribution in [0.3, 0.4) is 0 Å². The number of phenols is 1. The summed E-state index contributed by atoms with van der Waals surface area (Å²) in [6.07, 6.45) is 0. The summed E-state index contributed by atoms with van der Waals surface area (Å²) in [5.74, 6) is 1.41. The molecule has 2 aromatic carbocycles. The first-order valence-corrected chi connectivity index (χ1v) is 12.1. The maximum absolute atomic E-state index is 10.7. The van der Waals surface area contributed by atoms with Gasteiger partial charge in [-0.15, -0.1) is 11.3 Å². The maximum Gasteiger partial charge on any atom is 0.189 e. The number of hydrogen-bond acceptors (Lipinski definition) is 9. The highest BCUT2D eigenvalue weighted by molar-refractivity contribution is 7.23. The molecule has 2 aromatic heterocycles. The SMILES string of the molecule is COc1cc(OC)c(-c2csc(-c3sc(Nc4ccc(C(C)C)cc4)nc3N)n2)c(O)c1Cl. The molecular weight excluding hydrogens is 480 g/mol. The van der Waals surface area contributed by atoms with Crippen LogP contribution in [0.2, 0.25) is 5.02 Å². The van der Waals surface area contributed by atoms with Crippen LogP contribution in [0.5, 0.6) is 17.2 Å². The van der Waals surface area contributed by atoms with Crippen molar-refractivity contribution in [2.45, 2.75) is 19.8 Å². The van der Waals surface area contributed by atoms with Crippen molar-refractivity contribution >= 4 is 50.9 Å². The number of hydrogen-bond donors (Lipinski definition) is 3. The van der Waals surface area contributed by atoms with Crippen molar-refractivity contribution in [1.29, 1.82) is 0 Å². The fraction of sp³-hybridized carbons (Fsp3) is 0.217. The minimum Gasteiger partial charge on any atom is -0.505 e. The monoisotopic (exact) mass is 502 g/mol. The van der Waals surface area contributed by atoms with Gasteiger partial charge in [0.2, 0.25) is 0 Å². The normalized spacial score (nSPS) is 11.1. The molecule has 10 heteroatoms. The predicted octanol–water partition coefficient (Wildman–Crippen LogP) is 6.76. The molecule has 0 amide bonds. The molecule has 0 spiro atoms. The van der Waals surface area contributed by atoms with Crippen molar-refractivity contribution in [2.24, 2.45) is 0 Å². The van der Waals surface area contributed by atoms with Crippen LogP contribution < -0.4 is 20.5 Å². The van der Waals surface area contributed by atoms with E-state index in [2.05, 4.69) is 41.3 Å². The highest BCUT2D eigenvalue weighted by Crippen LogP contribution is 2.48. The Balaban J connectivity index is 1.64. The highest BCUT2D eigenvalue weighted by atomic mass is 35.5. The number of aromatic nitrogens is 2. The van der Waals surface area contributed by atoms with E-state index in [0.717, 1.165) is 10.6 Å². The van der Waals surface area contributed by atoms with Crippen LogP contribution in [-0.4, -0.2) is 29.3 Å². The van der Waals surface area contributed by atoms with Gasteiger partial charge in [-0.2, -0.15) is 0 Å². The van der Waals surface area contributed by atoms with Gasteiger partial charge in [-0.05, 0) is 23.6 Å². The third-order valence-corrected chi connectivity index (χ3v) is 7.39. The number of aromatic hydroxyl groups is 1. The van der Waals surface area contributed by atoms with E-state index >= 15 is 0 Å². The predicted molar refractivity (Wildman–Crippen MR) is 137 cm³/mol. The van der Waals surface area contributed by atoms with Crippen LogP contribution in [0.25, 0.3) is 21.1 Å². The summed E-state index contributed by atoms with van der Waals surface area (Å²) in [4.78, 5) is 9.86. The Labute approximate surface area is 204 Å². The summed E-state index contributed by atoms with van der Waals surface area (Å²) in [5, 5.41) is 17.2. The molecular formula is C23H23ClN4O3S2. The Bertz CT molecular complexity index is 1290. The van der Waals surface area contributed by atoms with E-state index in [1.54, 1.807) is 6.07 Å². The Morgan fingerprint density at radius 2 is 1.79 bits per heavy atom. The molecule has 0 saturated carbocycles. The fourth-order valence-electron chi connectivity index (χ4n) is 3.26. The van der Waals surface area contributed by atoms with E-state index in [1.165, 1.54) is 42.5 Å². The molecule has 7 nitrogen and oxygen atoms in total. The van der Waals surface area contributed by atoms with Gasteiger partial charge < -0.3 is 25.6 Å². The summed E-state index contributed by atoms with van der Waals surface area (Å²) in [6.45, 7) is 4.32. The van der Waals surface area contributed by atoms with Crippen LogP contribution in [0.4, 0.5) is 16.6 Å². The van der Waals surface area contributed by atoms with Gasteiger partial charge in [0.05, 0.1) is 25.5 Å². The zero-order chi connectivity index (χ0) is 23.7. The van der Waals surface area contributed by atoms with E-state index in [0.29, 0.717) is 44.6 Å². The highest BCUT2D eigenvalue weighted by Gasteiger charge is 2.23. The van der Waals surface area contributed by atoms with Gasteiger partial charge in [0.1, 0.15) is 32.2 Å². The van der Waals surface area contributed by atoms with Gasteiger partial charge in [-0.1, -0.05) is 48.9 Å². The number of halogens is 1. The topological polar surface area (TPSA) is 103 Å². The summed E-state index contributed by atoms with van der Waals surface area (Å²) in [6, 6.07) is 9.85. The Hall–Kier alpha value is -3.01. The maximum atomic E-state index is 10.7. The molecule has 0 aliphatic carbocycles. The summed E-state index contributed by atoms with van der Waals surface area (Å²) >= 11 is 9.04. The van der Waals surface area contributed by atoms with Gasteiger partial charge in [-0.25, -0.2) is 9.97 Å². The lowest BCUT2D eigenvalue weighted by molar-refractivity contribution is 0.387. The number of rotatable bonds is 7. The quantitative estimate of drug-likeness (QED) is 0.256. The smallest absolute Gasteiger partial charge is 0.189 e. The van der Waals surface area contributed by atoms with Crippen molar-refractivity contribution in [3.8, 4) is 38.4 Å². The van der Waals surface area contributed by atoms with Crippen molar-refractivity contribution in [3.05, 3.63) is 46.3 Å². The molecule has 4 aromatic rings. The molecule has 2 heterocycles. The van der Waals surface area contributed by atoms with Crippen LogP contribution in [0.1, 0.15) is 25.3 Å². The number of nitrogens with zero attached hydrogens (tertiary/aromatic N) is 2. The Morgan fingerprint density at radius 3 is 2.42 bits per heavy atom. The molecule has 172 valence electrons. The van der Waals surface area contributed by atoms with Crippen molar-refractivity contribution in [1.82, 2.24) is 9.97 Å². The summed E-state index contributed by atoms with van der Waals surface area (Å²) in [5.41, 5.74) is 9.31. The first-order valence-electron chi connectivity index (χ1n) is 10.0. The third kappa shape index (κ3) is 4.57. The van der Waals surface area contributed by atoms with Crippen LogP contribution >= 0.6 is 34.3 Å². The number of benzene rings is 2. The molecule has 0 radical (unpaired) electrons. The van der Waals surface area contributed by atoms with E-state index in [-0.39, 0.29) is 10.8 Å². The van der Waals surface area contributed by atoms with E-state index < -0.39 is 0 Å². The molecule has 33 heavy (non-hydrogen) atoms. The van der Waals surface area contributed by atoms with Crippen LogP contribution in [0, 0.1) is 0 Å². The number of phenolic OH excluding ortho intramolecular Hbond substituents is 1. The average Bonchev–Trinajstić information content (AvgIpc) is 3.42. The second kappa shape index (κ2) is 9.46. The minimum atomic E-state index is -0.158. The molecule has 4 rings (SSSR count). The zero-order valence-corrected chi connectivity index (χ0v) is 20.9. The third-order valence-electron chi connectivity index (χ3n) is 5.05. The number of methoxy groups -OCH3 is 2. The first-order chi connectivity index (χ1) is 15.8. The lowest BCUT2D eigenvalue weighted by Crippen LogP contribution is -1.93. The van der Waals surface area contributed by atoms with Gasteiger partial charge in [0.15, 0.2) is 10.9 Å². The van der Waals surface area contributed by atoms with Crippen LogP contribution in [-0.2, 0) is 0 Å². The lowest BCUT2D eigenvalue weighted by Gasteiger charge is -2.13. The van der Waals surface area contributed by atoms with Gasteiger partial charge in [0.25, 0.3) is 0 Å². The molecule has 0 bridgehead atoms. The molecule has 0 aliphatic heterocycles. The average molecular weight is 503 g/mol. The summed E-state index contributed by atoms with van der Waals surface area (Å²) in [7, 11) is 2.98. The zero-order valence-electron chi connectivity index (χ0n) is 18.5. The number of nitrogen functional groups attached to an aromatic ring is 1. The number of thiazole rings is 2. The van der Waals surface area contributed by atoms with E-state index in [1.807, 2.05) is 17.5 Å². The number of ether oxygens (including phenoxy) is 2. The number of nitrogens with one attached hydrogen (secondary N) is 1. The second-order valence-electron chi connectivity index (χ2n) is 7.49. The van der Waals surface area contributed by atoms with Crippen LogP contribution in [0.15, 0.2) is 35.7 Å². The van der Waals surface area contributed by atoms with E-state index in [9.17, 15) is 5.11 Å². The largest absolute Gasteiger partial charge is 0.505 e. The molecule has 4 N–H and O–H groups in total. The molecule has 0 aliphatic rings. The Morgan fingerprint density at radius 1 is 1.09 bits per heavy atom. The standard InChI is InChI=1S/C23H23ClN4O3S2/c1-11(2)12-5-7-13(8-6-12)26-23-28-21(25)20(33-23)22-27-14(10-32-22)17-15(30-3)9-16(31-4)18(24)19(17)29/h5-11,29H,25H2,1-4H3,(H,26,28). The number of nitrogens with two attached hydrogens (primary N) is 1. The fourth-order valence-corrected chi connectivity index (χ4v) is 5.30. The second-order valence-corrected chi connectivity index (χ2v) is 9.73. The van der Waals surface area contributed by atoms with Crippen molar-refractivity contribution in [3.63, 3.8) is 0 Å². The van der Waals surface area contributed by atoms with Crippen molar-refractivity contribution < 1.29 is 14.6 Å². The Kier molecular flexibility index (Phi) is 6.64. The van der Waals surface area contributed by atoms with Gasteiger partial charge in [0, 0.05) is 17.1 Å². The van der Waals surface area contributed by atoms with E-state index in [4.69, 9.17) is 26.8 Å².